The van der Waals surface area contributed by atoms with Gasteiger partial charge < -0.3 is 15.0 Å². The fraction of sp³-hybridized carbons (Fsp3) is 0.462. The molecule has 1 fully saturated rings. The van der Waals surface area contributed by atoms with Crippen LogP contribution in [0.5, 0.6) is 5.75 Å². The highest BCUT2D eigenvalue weighted by Gasteiger charge is 2.39. The quantitative estimate of drug-likeness (QED) is 0.698. The van der Waals surface area contributed by atoms with E-state index in [-0.39, 0.29) is 35.6 Å². The first kappa shape index (κ1) is 22.3. The normalized spacial score (nSPS) is 18.8. The molecule has 0 unspecified atom stereocenters. The van der Waals surface area contributed by atoms with Crippen LogP contribution in [0.2, 0.25) is 0 Å². The molecule has 1 N–H and O–H groups in total. The van der Waals surface area contributed by atoms with E-state index < -0.39 is 6.10 Å². The second-order valence-corrected chi connectivity index (χ2v) is 9.05. The van der Waals surface area contributed by atoms with Crippen molar-refractivity contribution in [1.82, 2.24) is 10.2 Å². The summed E-state index contributed by atoms with van der Waals surface area (Å²) < 4.78 is 20.2. The van der Waals surface area contributed by atoms with Gasteiger partial charge in [-0.25, -0.2) is 4.39 Å². The van der Waals surface area contributed by atoms with E-state index in [4.69, 9.17) is 4.74 Å². The van der Waals surface area contributed by atoms with Gasteiger partial charge >= 0.3 is 0 Å². The second-order valence-electron chi connectivity index (χ2n) is 9.05. The molecule has 2 aromatic carbocycles. The minimum atomic E-state index is -0.601. The number of hydrogen-bond acceptors (Lipinski definition) is 3. The molecule has 0 saturated heterocycles. The Kier molecular flexibility index (Phi) is 6.49. The third-order valence-corrected chi connectivity index (χ3v) is 6.09. The van der Waals surface area contributed by atoms with Crippen molar-refractivity contribution < 1.29 is 18.7 Å². The minimum Gasteiger partial charge on any atom is -0.481 e. The highest BCUT2D eigenvalue weighted by atomic mass is 19.1. The lowest BCUT2D eigenvalue weighted by molar-refractivity contribution is -0.134. The third-order valence-electron chi connectivity index (χ3n) is 6.09. The van der Waals surface area contributed by atoms with Crippen molar-refractivity contribution in [2.24, 2.45) is 5.92 Å². The standard InChI is InChI=1S/C26H31FN2O3/c1-4-23(25(30)28-16(2)3)32-21-11-10-17-12-13-29(26(31)18-8-9-18)24(22(17)15-21)19-6-5-7-20(27)14-19/h5-7,10-11,14-16,18,23-24H,4,8-9,12-13H2,1-3H3,(H,28,30)/t23-,24+/m1/s1. The highest BCUT2D eigenvalue weighted by molar-refractivity contribution is 5.82. The summed E-state index contributed by atoms with van der Waals surface area (Å²) in [5, 5.41) is 2.90. The Hall–Kier alpha value is -2.89. The SMILES string of the molecule is CC[C@@H](Oc1ccc2c(c1)[C@H](c1cccc(F)c1)N(C(=O)C1CC1)CC2)C(=O)NC(C)C. The average molecular weight is 439 g/mol. The van der Waals surface area contributed by atoms with Crippen molar-refractivity contribution in [2.45, 2.75) is 64.6 Å². The smallest absolute Gasteiger partial charge is 0.261 e. The van der Waals surface area contributed by atoms with Gasteiger partial charge in [0.2, 0.25) is 5.91 Å². The van der Waals surface area contributed by atoms with Crippen LogP contribution in [-0.4, -0.2) is 35.4 Å². The number of nitrogens with zero attached hydrogens (tertiary/aromatic N) is 1. The molecule has 32 heavy (non-hydrogen) atoms. The first-order chi connectivity index (χ1) is 15.4. The van der Waals surface area contributed by atoms with Crippen molar-refractivity contribution in [3.05, 3.63) is 65.0 Å². The van der Waals surface area contributed by atoms with E-state index in [2.05, 4.69) is 5.32 Å². The molecule has 2 aliphatic rings. The molecule has 1 aliphatic heterocycles. The molecule has 0 radical (unpaired) electrons. The van der Waals surface area contributed by atoms with Gasteiger partial charge in [0.05, 0.1) is 6.04 Å². The summed E-state index contributed by atoms with van der Waals surface area (Å²) in [6, 6.07) is 11.9. The van der Waals surface area contributed by atoms with Crippen LogP contribution in [0, 0.1) is 11.7 Å². The van der Waals surface area contributed by atoms with Crippen molar-refractivity contribution in [3.8, 4) is 5.75 Å². The molecule has 170 valence electrons. The lowest BCUT2D eigenvalue weighted by atomic mass is 9.87. The van der Waals surface area contributed by atoms with Crippen LogP contribution in [0.25, 0.3) is 0 Å². The van der Waals surface area contributed by atoms with E-state index in [1.807, 2.05) is 49.9 Å². The molecule has 2 atom stereocenters. The Bertz CT molecular complexity index is 1000. The van der Waals surface area contributed by atoms with Crippen molar-refractivity contribution in [3.63, 3.8) is 0 Å². The first-order valence-corrected chi connectivity index (χ1v) is 11.5. The van der Waals surface area contributed by atoms with E-state index in [0.29, 0.717) is 18.7 Å². The zero-order chi connectivity index (χ0) is 22.8. The summed E-state index contributed by atoms with van der Waals surface area (Å²) >= 11 is 0. The van der Waals surface area contributed by atoms with E-state index in [1.165, 1.54) is 12.1 Å². The Morgan fingerprint density at radius 3 is 2.62 bits per heavy atom. The number of carbonyl (C=O) groups is 2. The van der Waals surface area contributed by atoms with Crippen LogP contribution < -0.4 is 10.1 Å². The van der Waals surface area contributed by atoms with Gasteiger partial charge in [0.15, 0.2) is 6.10 Å². The van der Waals surface area contributed by atoms with Crippen LogP contribution in [0.4, 0.5) is 4.39 Å². The Balaban J connectivity index is 1.68. The van der Waals surface area contributed by atoms with E-state index >= 15 is 0 Å². The summed E-state index contributed by atoms with van der Waals surface area (Å²) in [6.07, 6.45) is 2.52. The zero-order valence-corrected chi connectivity index (χ0v) is 18.9. The number of benzene rings is 2. The topological polar surface area (TPSA) is 58.6 Å². The van der Waals surface area contributed by atoms with Gasteiger partial charge in [-0.05, 0) is 80.5 Å². The Labute approximate surface area is 188 Å². The lowest BCUT2D eigenvalue weighted by Crippen LogP contribution is -2.42. The van der Waals surface area contributed by atoms with E-state index in [0.717, 1.165) is 36.0 Å². The number of ether oxygens (including phenoxy) is 1. The molecule has 0 bridgehead atoms. The van der Waals surface area contributed by atoms with Crippen LogP contribution in [0.15, 0.2) is 42.5 Å². The molecule has 0 aromatic heterocycles. The van der Waals surface area contributed by atoms with Crippen LogP contribution in [-0.2, 0) is 16.0 Å². The number of nitrogens with one attached hydrogen (secondary N) is 1. The number of amides is 2. The lowest BCUT2D eigenvalue weighted by Gasteiger charge is -2.38. The molecule has 2 amide bonds. The highest BCUT2D eigenvalue weighted by Crippen LogP contribution is 2.41. The minimum absolute atomic E-state index is 0.0306. The van der Waals surface area contributed by atoms with Gasteiger partial charge in [-0.3, -0.25) is 9.59 Å². The maximum atomic E-state index is 14.1. The fourth-order valence-corrected chi connectivity index (χ4v) is 4.37. The second kappa shape index (κ2) is 9.31. The monoisotopic (exact) mass is 438 g/mol. The molecule has 0 spiro atoms. The Morgan fingerprint density at radius 1 is 1.19 bits per heavy atom. The fourth-order valence-electron chi connectivity index (χ4n) is 4.37. The molecule has 1 heterocycles. The largest absolute Gasteiger partial charge is 0.481 e. The number of fused-ring (bicyclic) bond motifs is 1. The maximum absolute atomic E-state index is 14.1. The van der Waals surface area contributed by atoms with E-state index in [1.54, 1.807) is 6.07 Å². The van der Waals surface area contributed by atoms with Crippen LogP contribution in [0.3, 0.4) is 0 Å². The summed E-state index contributed by atoms with van der Waals surface area (Å²) in [7, 11) is 0. The van der Waals surface area contributed by atoms with Crippen molar-refractivity contribution in [1.29, 1.82) is 0 Å². The predicted octanol–water partition coefficient (Wildman–Crippen LogP) is 4.39. The van der Waals surface area contributed by atoms with Gasteiger partial charge in [0.1, 0.15) is 11.6 Å². The maximum Gasteiger partial charge on any atom is 0.261 e. The van der Waals surface area contributed by atoms with Crippen molar-refractivity contribution in [2.75, 3.05) is 6.54 Å². The predicted molar refractivity (Wildman–Crippen MR) is 121 cm³/mol. The molecule has 5 nitrogen and oxygen atoms in total. The molecule has 1 aliphatic carbocycles. The van der Waals surface area contributed by atoms with Gasteiger partial charge in [0, 0.05) is 18.5 Å². The molecule has 4 rings (SSSR count). The van der Waals surface area contributed by atoms with Crippen LogP contribution in [0.1, 0.15) is 62.8 Å². The van der Waals surface area contributed by atoms with Gasteiger partial charge in [-0.2, -0.15) is 0 Å². The van der Waals surface area contributed by atoms with Gasteiger partial charge in [-0.1, -0.05) is 25.1 Å². The molecular formula is C26H31FN2O3. The number of halogens is 1. The van der Waals surface area contributed by atoms with Crippen LogP contribution >= 0.6 is 0 Å². The summed E-state index contributed by atoms with van der Waals surface area (Å²) in [4.78, 5) is 27.5. The summed E-state index contributed by atoms with van der Waals surface area (Å²) in [5.74, 6) is 0.330. The van der Waals surface area contributed by atoms with Gasteiger partial charge in [0.25, 0.3) is 5.91 Å². The van der Waals surface area contributed by atoms with Gasteiger partial charge in [-0.15, -0.1) is 0 Å². The average Bonchev–Trinajstić information content (AvgIpc) is 3.61. The number of rotatable bonds is 7. The first-order valence-electron chi connectivity index (χ1n) is 11.5. The zero-order valence-electron chi connectivity index (χ0n) is 18.9. The summed E-state index contributed by atoms with van der Waals surface area (Å²) in [6.45, 7) is 6.35. The van der Waals surface area contributed by atoms with E-state index in [9.17, 15) is 14.0 Å². The molecule has 1 saturated carbocycles. The molecule has 2 aromatic rings. The Morgan fingerprint density at radius 2 is 1.97 bits per heavy atom. The van der Waals surface area contributed by atoms with Crippen molar-refractivity contribution >= 4 is 11.8 Å². The number of hydrogen-bond donors (Lipinski definition) is 1. The molecule has 6 heteroatoms. The number of carbonyl (C=O) groups excluding carboxylic acids is 2. The third kappa shape index (κ3) is 4.79. The molecular weight excluding hydrogens is 407 g/mol. The summed E-state index contributed by atoms with van der Waals surface area (Å²) in [5.41, 5.74) is 2.81.